The number of amides is 1. The van der Waals surface area contributed by atoms with Gasteiger partial charge in [-0.15, -0.1) is 0 Å². The van der Waals surface area contributed by atoms with E-state index < -0.39 is 5.97 Å². The number of carbonyl (C=O) groups is 2. The molecular weight excluding hydrogens is 293 g/mol. The second kappa shape index (κ2) is 7.86. The van der Waals surface area contributed by atoms with Crippen LogP contribution in [0.4, 0.5) is 0 Å². The van der Waals surface area contributed by atoms with Crippen LogP contribution >= 0.6 is 23.2 Å². The van der Waals surface area contributed by atoms with E-state index in [9.17, 15) is 9.59 Å². The summed E-state index contributed by atoms with van der Waals surface area (Å²) in [5, 5.41) is 11.7. The summed E-state index contributed by atoms with van der Waals surface area (Å²) < 4.78 is 5.32. The Kier molecular flexibility index (Phi) is 6.45. The molecule has 0 saturated carbocycles. The fraction of sp³-hybridized carbons (Fsp3) is 0.333. The molecule has 1 amide bonds. The molecule has 0 bridgehead atoms. The van der Waals surface area contributed by atoms with Crippen LogP contribution in [0.25, 0.3) is 0 Å². The normalized spacial score (nSPS) is 10.0. The molecule has 1 rings (SSSR count). The number of ether oxygens (including phenoxy) is 1. The Balaban J connectivity index is 2.24. The van der Waals surface area contributed by atoms with E-state index in [1.165, 1.54) is 0 Å². The van der Waals surface area contributed by atoms with Crippen LogP contribution in [0.3, 0.4) is 0 Å². The molecular formula is C12H13Cl2NO4. The minimum absolute atomic E-state index is 0.0978. The monoisotopic (exact) mass is 305 g/mol. The van der Waals surface area contributed by atoms with E-state index in [2.05, 4.69) is 5.32 Å². The van der Waals surface area contributed by atoms with Gasteiger partial charge in [0.2, 0.25) is 5.91 Å². The van der Waals surface area contributed by atoms with Crippen molar-refractivity contribution in [3.05, 3.63) is 28.2 Å². The average molecular weight is 306 g/mol. The number of carbonyl (C=O) groups excluding carboxylic acids is 1. The topological polar surface area (TPSA) is 75.6 Å². The molecule has 1 aromatic carbocycles. The van der Waals surface area contributed by atoms with Crippen molar-refractivity contribution in [3.63, 3.8) is 0 Å². The largest absolute Gasteiger partial charge is 0.493 e. The van der Waals surface area contributed by atoms with Gasteiger partial charge >= 0.3 is 5.97 Å². The van der Waals surface area contributed by atoms with Crippen LogP contribution in [0.2, 0.25) is 10.0 Å². The summed E-state index contributed by atoms with van der Waals surface area (Å²) in [6, 6.07) is 4.81. The predicted molar refractivity (Wildman–Crippen MR) is 71.8 cm³/mol. The van der Waals surface area contributed by atoms with Gasteiger partial charge in [0.05, 0.1) is 29.5 Å². The quantitative estimate of drug-likeness (QED) is 0.811. The van der Waals surface area contributed by atoms with Crippen molar-refractivity contribution in [2.24, 2.45) is 0 Å². The van der Waals surface area contributed by atoms with Crippen molar-refractivity contribution >= 4 is 35.1 Å². The number of aliphatic carboxylic acids is 1. The summed E-state index contributed by atoms with van der Waals surface area (Å²) >= 11 is 11.6. The van der Waals surface area contributed by atoms with Crippen molar-refractivity contribution in [2.45, 2.75) is 12.8 Å². The number of hydrogen-bond donors (Lipinski definition) is 2. The maximum Gasteiger partial charge on any atom is 0.305 e. The van der Waals surface area contributed by atoms with Crippen molar-refractivity contribution in [2.75, 3.05) is 13.2 Å². The Hall–Kier alpha value is -1.46. The van der Waals surface area contributed by atoms with E-state index in [1.807, 2.05) is 0 Å². The molecule has 0 radical (unpaired) electrons. The lowest BCUT2D eigenvalue weighted by Crippen LogP contribution is -2.27. The number of benzene rings is 1. The van der Waals surface area contributed by atoms with Gasteiger partial charge < -0.3 is 15.2 Å². The third-order valence-electron chi connectivity index (χ3n) is 2.15. The summed E-state index contributed by atoms with van der Waals surface area (Å²) in [7, 11) is 0. The molecule has 0 unspecified atom stereocenters. The number of hydrogen-bond acceptors (Lipinski definition) is 3. The van der Waals surface area contributed by atoms with Gasteiger partial charge in [0, 0.05) is 12.6 Å². The Bertz CT molecular complexity index is 465. The fourth-order valence-corrected chi connectivity index (χ4v) is 1.51. The molecule has 0 fully saturated rings. The number of halogens is 2. The molecule has 5 nitrogen and oxygen atoms in total. The molecule has 1 aromatic rings. The van der Waals surface area contributed by atoms with E-state index in [0.29, 0.717) is 15.8 Å². The van der Waals surface area contributed by atoms with Crippen LogP contribution in [0, 0.1) is 0 Å². The Labute approximate surface area is 120 Å². The molecule has 0 atom stereocenters. The first-order chi connectivity index (χ1) is 8.99. The zero-order valence-corrected chi connectivity index (χ0v) is 11.5. The molecule has 0 aromatic heterocycles. The predicted octanol–water partition coefficient (Wildman–Crippen LogP) is 2.35. The average Bonchev–Trinajstić information content (AvgIpc) is 2.33. The molecule has 0 saturated heterocycles. The van der Waals surface area contributed by atoms with Crippen molar-refractivity contribution in [3.8, 4) is 5.75 Å². The number of nitrogens with one attached hydrogen (secondary N) is 1. The van der Waals surface area contributed by atoms with Gasteiger partial charge in [-0.25, -0.2) is 0 Å². The molecule has 19 heavy (non-hydrogen) atoms. The molecule has 0 aliphatic heterocycles. The van der Waals surface area contributed by atoms with Gasteiger partial charge in [-0.2, -0.15) is 0 Å². The van der Waals surface area contributed by atoms with Gasteiger partial charge in [0.1, 0.15) is 5.75 Å². The standard InChI is InChI=1S/C12H13Cl2NO4/c13-9-2-1-8(7-10(9)14)19-6-4-11(16)15-5-3-12(17)18/h1-2,7H,3-6H2,(H,15,16)(H,17,18). The zero-order chi connectivity index (χ0) is 14.3. The van der Waals surface area contributed by atoms with E-state index in [0.717, 1.165) is 0 Å². The molecule has 0 aliphatic carbocycles. The smallest absolute Gasteiger partial charge is 0.305 e. The van der Waals surface area contributed by atoms with Gasteiger partial charge in [0.25, 0.3) is 0 Å². The Morgan fingerprint density at radius 2 is 1.95 bits per heavy atom. The van der Waals surface area contributed by atoms with Gasteiger partial charge in [-0.3, -0.25) is 9.59 Å². The van der Waals surface area contributed by atoms with Crippen LogP contribution in [0.15, 0.2) is 18.2 Å². The lowest BCUT2D eigenvalue weighted by Gasteiger charge is -2.07. The lowest BCUT2D eigenvalue weighted by molar-refractivity contribution is -0.136. The first kappa shape index (κ1) is 15.6. The van der Waals surface area contributed by atoms with E-state index >= 15 is 0 Å². The number of rotatable bonds is 7. The minimum Gasteiger partial charge on any atom is -0.493 e. The third-order valence-corrected chi connectivity index (χ3v) is 2.89. The van der Waals surface area contributed by atoms with Crippen LogP contribution in [0.5, 0.6) is 5.75 Å². The summed E-state index contributed by atoms with van der Waals surface area (Å²) in [4.78, 5) is 21.5. The highest BCUT2D eigenvalue weighted by molar-refractivity contribution is 6.42. The Morgan fingerprint density at radius 3 is 2.58 bits per heavy atom. The molecule has 0 spiro atoms. The molecule has 104 valence electrons. The van der Waals surface area contributed by atoms with Crippen molar-refractivity contribution in [1.82, 2.24) is 5.32 Å². The fourth-order valence-electron chi connectivity index (χ4n) is 1.23. The molecule has 2 N–H and O–H groups in total. The van der Waals surface area contributed by atoms with Gasteiger partial charge in [-0.05, 0) is 12.1 Å². The van der Waals surface area contributed by atoms with Crippen molar-refractivity contribution in [1.29, 1.82) is 0 Å². The van der Waals surface area contributed by atoms with Crippen LogP contribution in [-0.4, -0.2) is 30.1 Å². The summed E-state index contributed by atoms with van der Waals surface area (Å²) in [5.41, 5.74) is 0. The van der Waals surface area contributed by atoms with Gasteiger partial charge in [0.15, 0.2) is 0 Å². The van der Waals surface area contributed by atoms with Crippen molar-refractivity contribution < 1.29 is 19.4 Å². The second-order valence-electron chi connectivity index (χ2n) is 3.67. The maximum absolute atomic E-state index is 11.3. The molecule has 7 heteroatoms. The van der Waals surface area contributed by atoms with Crippen LogP contribution < -0.4 is 10.1 Å². The Morgan fingerprint density at radius 1 is 1.21 bits per heavy atom. The second-order valence-corrected chi connectivity index (χ2v) is 4.48. The molecule has 0 aliphatic rings. The SMILES string of the molecule is O=C(O)CCNC(=O)CCOc1ccc(Cl)c(Cl)c1. The highest BCUT2D eigenvalue weighted by atomic mass is 35.5. The molecule has 0 heterocycles. The third kappa shape index (κ3) is 6.31. The van der Waals surface area contributed by atoms with E-state index in [4.69, 9.17) is 33.0 Å². The van der Waals surface area contributed by atoms with Gasteiger partial charge in [-0.1, -0.05) is 23.2 Å². The minimum atomic E-state index is -0.952. The van der Waals surface area contributed by atoms with E-state index in [-0.39, 0.29) is 31.9 Å². The van der Waals surface area contributed by atoms with Crippen LogP contribution in [-0.2, 0) is 9.59 Å². The van der Waals surface area contributed by atoms with E-state index in [1.54, 1.807) is 18.2 Å². The van der Waals surface area contributed by atoms with Crippen LogP contribution in [0.1, 0.15) is 12.8 Å². The summed E-state index contributed by atoms with van der Waals surface area (Å²) in [6.45, 7) is 0.289. The zero-order valence-electron chi connectivity index (χ0n) is 9.99. The highest BCUT2D eigenvalue weighted by Gasteiger charge is 2.04. The maximum atomic E-state index is 11.3. The highest BCUT2D eigenvalue weighted by Crippen LogP contribution is 2.26. The first-order valence-corrected chi connectivity index (χ1v) is 6.31. The number of carboxylic acids is 1. The number of carboxylic acid groups (broad SMARTS) is 1. The lowest BCUT2D eigenvalue weighted by atomic mass is 10.3. The summed E-state index contributed by atoms with van der Waals surface area (Å²) in [6.07, 6.45) is 0.0409. The first-order valence-electron chi connectivity index (χ1n) is 5.55. The summed E-state index contributed by atoms with van der Waals surface area (Å²) in [5.74, 6) is -0.693.